The quantitative estimate of drug-likeness (QED) is 0.111. The molecule has 4 rings (SSSR count). The van der Waals surface area contributed by atoms with Gasteiger partial charge in [-0.2, -0.15) is 0 Å². The van der Waals surface area contributed by atoms with Crippen molar-refractivity contribution in [2.75, 3.05) is 6.54 Å². The maximum absolute atomic E-state index is 13.1. The van der Waals surface area contributed by atoms with Gasteiger partial charge in [0.05, 0.1) is 18.6 Å². The zero-order valence-electron chi connectivity index (χ0n) is 28.5. The molecule has 4 saturated carbocycles. The number of hydrogen-bond acceptors (Lipinski definition) is 7. The minimum Gasteiger partial charge on any atom is -0.862 e. The maximum Gasteiger partial charge on any atom is 1.00 e. The molecule has 0 unspecified atom stereocenters. The van der Waals surface area contributed by atoms with E-state index in [1.807, 2.05) is 0 Å². The van der Waals surface area contributed by atoms with Gasteiger partial charge in [-0.1, -0.05) is 53.5 Å². The van der Waals surface area contributed by atoms with E-state index in [0.717, 1.165) is 49.7 Å². The van der Waals surface area contributed by atoms with E-state index in [1.165, 1.54) is 6.92 Å². The molecule has 0 aromatic rings. The minimum atomic E-state index is -0.988. The number of hydrogen-bond donors (Lipinski definition) is 3. The van der Waals surface area contributed by atoms with Gasteiger partial charge >= 0.3 is 41.5 Å². The number of carbonyl (C=O) groups excluding carboxylic acids is 1. The summed E-state index contributed by atoms with van der Waals surface area (Å²) in [4.78, 5) is 27.5. The molecule has 4 aliphatic rings. The zero-order valence-corrected chi connectivity index (χ0v) is 30.5. The Kier molecular flexibility index (Phi) is 12.3. The zero-order chi connectivity index (χ0) is 31.9. The van der Waals surface area contributed by atoms with E-state index in [-0.39, 0.29) is 101 Å². The van der Waals surface area contributed by atoms with Crippen LogP contribution in [0.15, 0.2) is 16.1 Å². The molecule has 0 radical (unpaired) electrons. The molecule has 0 aromatic carbocycles. The fourth-order valence-corrected chi connectivity index (χ4v) is 10.6. The van der Waals surface area contributed by atoms with Crippen LogP contribution in [0, 0.1) is 45.8 Å². The first kappa shape index (κ1) is 37.5. The molecule has 10 atom stereocenters. The number of aliphatic carboxylic acids is 1. The van der Waals surface area contributed by atoms with Crippen LogP contribution < -0.4 is 34.7 Å². The predicted molar refractivity (Wildman–Crippen MR) is 164 cm³/mol. The van der Waals surface area contributed by atoms with Gasteiger partial charge in [-0.05, 0) is 115 Å². The molecule has 244 valence electrons. The average molecular weight is 626 g/mol. The van der Waals surface area contributed by atoms with Crippen molar-refractivity contribution < 1.29 is 64.3 Å². The standard InChI is InChI=1S/C35H57NO7.Na/c1-20(2)9-8-10-23(17-29(40)36-16-13-30(41)42)31-25-18-27(39)32-33(5)14-12-26(38)21(3)24(33)11-15-34(32,6)35(25,7)19-28(31)43-22(4)37;/h20-21,24-28,32,38-39H,8-19H2,1-7H3,(H,36,40)(H,41,42);/q;+1/p-1/b31-23-;/t21-,24-,25-,26+,27+,28-,32-,33-,34-,35-;/m0./s1. The van der Waals surface area contributed by atoms with E-state index < -0.39 is 18.2 Å². The summed E-state index contributed by atoms with van der Waals surface area (Å²) < 4.78 is 6.08. The molecule has 4 aliphatic carbocycles. The maximum atomic E-state index is 13.1. The van der Waals surface area contributed by atoms with Crippen LogP contribution in [0.1, 0.15) is 119 Å². The van der Waals surface area contributed by atoms with Crippen LogP contribution >= 0.6 is 0 Å². The Labute approximate surface area is 286 Å². The number of fused-ring (bicyclic) bond motifs is 5. The molecule has 8 nitrogen and oxygen atoms in total. The number of aliphatic imine (C=N–C) groups is 1. The van der Waals surface area contributed by atoms with Crippen molar-refractivity contribution in [2.24, 2.45) is 50.8 Å². The van der Waals surface area contributed by atoms with Crippen molar-refractivity contribution in [1.82, 2.24) is 0 Å². The van der Waals surface area contributed by atoms with E-state index in [1.54, 1.807) is 0 Å². The Morgan fingerprint density at radius 3 is 2.36 bits per heavy atom. The molecule has 3 N–H and O–H groups in total. The number of esters is 1. The van der Waals surface area contributed by atoms with Crippen LogP contribution in [0.4, 0.5) is 0 Å². The van der Waals surface area contributed by atoms with Crippen molar-refractivity contribution >= 4 is 17.8 Å². The normalized spacial score (nSPS) is 41.2. The smallest absolute Gasteiger partial charge is 0.862 e. The Morgan fingerprint density at radius 2 is 1.75 bits per heavy atom. The molecule has 0 spiro atoms. The first-order valence-corrected chi connectivity index (χ1v) is 16.7. The number of carboxylic acid groups (broad SMARTS) is 1. The van der Waals surface area contributed by atoms with Crippen LogP contribution in [0.5, 0.6) is 0 Å². The van der Waals surface area contributed by atoms with Crippen molar-refractivity contribution in [3.05, 3.63) is 11.1 Å². The van der Waals surface area contributed by atoms with Crippen LogP contribution in [-0.2, 0) is 14.3 Å². The Balaban J connectivity index is 0.00000529. The number of aliphatic hydroxyl groups excluding tert-OH is 2. The fourth-order valence-electron chi connectivity index (χ4n) is 10.6. The minimum absolute atomic E-state index is 0. The van der Waals surface area contributed by atoms with Gasteiger partial charge in [0.25, 0.3) is 0 Å². The van der Waals surface area contributed by atoms with Gasteiger partial charge in [-0.3, -0.25) is 9.59 Å². The van der Waals surface area contributed by atoms with Crippen molar-refractivity contribution in [3.63, 3.8) is 0 Å². The van der Waals surface area contributed by atoms with Crippen molar-refractivity contribution in [3.8, 4) is 0 Å². The molecule has 0 heterocycles. The SMILES string of the molecule is CC(=O)O[C@H]1C[C@@]2(C)[C@@H](C[C@@H](O)[C@H]3[C@@]4(C)CC[C@@H](O)[C@@H](C)[C@@H]4CC[C@@]32C)/C1=C(\CCCC(C)C)CC([O-])=NCCC(=O)O.[Na+]. The summed E-state index contributed by atoms with van der Waals surface area (Å²) in [7, 11) is 0. The van der Waals surface area contributed by atoms with Crippen molar-refractivity contribution in [1.29, 1.82) is 0 Å². The number of rotatable bonds is 10. The monoisotopic (exact) mass is 625 g/mol. The third-order valence-corrected chi connectivity index (χ3v) is 12.7. The molecule has 9 heteroatoms. The van der Waals surface area contributed by atoms with E-state index in [2.05, 4.69) is 46.5 Å². The fraction of sp³-hybridized carbons (Fsp3) is 0.857. The van der Waals surface area contributed by atoms with E-state index in [0.29, 0.717) is 31.1 Å². The molecule has 44 heavy (non-hydrogen) atoms. The average Bonchev–Trinajstić information content (AvgIpc) is 3.16. The van der Waals surface area contributed by atoms with E-state index in [4.69, 9.17) is 9.84 Å². The van der Waals surface area contributed by atoms with Gasteiger partial charge < -0.3 is 30.2 Å². The molecule has 0 bridgehead atoms. The number of ether oxygens (including phenoxy) is 1. The van der Waals surface area contributed by atoms with E-state index in [9.17, 15) is 24.9 Å². The summed E-state index contributed by atoms with van der Waals surface area (Å²) in [6.45, 7) is 14.9. The Morgan fingerprint density at radius 1 is 1.07 bits per heavy atom. The summed E-state index contributed by atoms with van der Waals surface area (Å²) in [6.07, 6.45) is 5.94. The summed E-state index contributed by atoms with van der Waals surface area (Å²) in [5.74, 6) is -0.617. The first-order chi connectivity index (χ1) is 20.0. The second kappa shape index (κ2) is 14.5. The molecule has 0 aliphatic heterocycles. The summed E-state index contributed by atoms with van der Waals surface area (Å²) >= 11 is 0. The molecule has 0 aromatic heterocycles. The largest absolute Gasteiger partial charge is 1.00 e. The van der Waals surface area contributed by atoms with Gasteiger partial charge in [-0.15, -0.1) is 0 Å². The van der Waals surface area contributed by atoms with Crippen LogP contribution in [-0.4, -0.2) is 58.0 Å². The van der Waals surface area contributed by atoms with Gasteiger partial charge in [0.15, 0.2) is 0 Å². The second-order valence-electron chi connectivity index (χ2n) is 15.5. The number of carbonyl (C=O) groups is 2. The Bertz CT molecular complexity index is 1120. The third kappa shape index (κ3) is 7.00. The van der Waals surface area contributed by atoms with Crippen molar-refractivity contribution in [2.45, 2.75) is 137 Å². The topological polar surface area (TPSA) is 139 Å². The van der Waals surface area contributed by atoms with Crippen LogP contribution in [0.25, 0.3) is 0 Å². The van der Waals surface area contributed by atoms with Gasteiger partial charge in [0.2, 0.25) is 0 Å². The summed E-state index contributed by atoms with van der Waals surface area (Å²) in [6, 6.07) is 0. The molecule has 0 amide bonds. The third-order valence-electron chi connectivity index (χ3n) is 12.7. The number of aliphatic hydroxyl groups is 2. The van der Waals surface area contributed by atoms with Gasteiger partial charge in [0, 0.05) is 13.5 Å². The van der Waals surface area contributed by atoms with E-state index >= 15 is 0 Å². The molecule has 4 fully saturated rings. The van der Waals surface area contributed by atoms with Gasteiger partial charge in [0.1, 0.15) is 6.10 Å². The number of carboxylic acids is 1. The van der Waals surface area contributed by atoms with Crippen LogP contribution in [0.2, 0.25) is 0 Å². The summed E-state index contributed by atoms with van der Waals surface area (Å²) in [5.41, 5.74) is 1.38. The summed E-state index contributed by atoms with van der Waals surface area (Å²) in [5, 5.41) is 45.0. The molecule has 0 saturated heterocycles. The first-order valence-electron chi connectivity index (χ1n) is 16.7. The predicted octanol–water partition coefficient (Wildman–Crippen LogP) is 2.29. The number of nitrogens with zero attached hydrogens (tertiary/aromatic N) is 1. The van der Waals surface area contributed by atoms with Crippen LogP contribution in [0.3, 0.4) is 0 Å². The molecular formula is C35H56NNaO7. The Hall–Kier alpha value is -0.930. The second-order valence-corrected chi connectivity index (χ2v) is 15.5. The molecular weight excluding hydrogens is 569 g/mol. The van der Waals surface area contributed by atoms with Gasteiger partial charge in [-0.25, -0.2) is 0 Å².